The van der Waals surface area contributed by atoms with Gasteiger partial charge in [0.25, 0.3) is 0 Å². The lowest BCUT2D eigenvalue weighted by atomic mass is 10.1. The Morgan fingerprint density at radius 3 is 2.35 bits per heavy atom. The Morgan fingerprint density at radius 1 is 1.08 bits per heavy atom. The van der Waals surface area contributed by atoms with E-state index in [0.29, 0.717) is 30.3 Å². The van der Waals surface area contributed by atoms with Crippen molar-refractivity contribution in [1.82, 2.24) is 0 Å². The zero-order chi connectivity index (χ0) is 19.1. The Hall–Kier alpha value is -2.66. The molecule has 0 unspecified atom stereocenters. The van der Waals surface area contributed by atoms with Crippen LogP contribution in [0.3, 0.4) is 0 Å². The van der Waals surface area contributed by atoms with Gasteiger partial charge in [0.15, 0.2) is 11.5 Å². The monoisotopic (exact) mass is 376 g/mol. The van der Waals surface area contributed by atoms with E-state index >= 15 is 0 Å². The average Bonchev–Trinajstić information content (AvgIpc) is 2.61. The first kappa shape index (κ1) is 19.7. The van der Waals surface area contributed by atoms with Crippen molar-refractivity contribution in [3.63, 3.8) is 0 Å². The van der Waals surface area contributed by atoms with E-state index in [9.17, 15) is 4.79 Å². The average molecular weight is 377 g/mol. The van der Waals surface area contributed by atoms with Gasteiger partial charge in [0.1, 0.15) is 19.0 Å². The van der Waals surface area contributed by atoms with Crippen molar-refractivity contribution in [2.24, 2.45) is 0 Å². The van der Waals surface area contributed by atoms with Gasteiger partial charge in [-0.2, -0.15) is 0 Å². The van der Waals surface area contributed by atoms with Crippen molar-refractivity contribution in [3.05, 3.63) is 58.1 Å². The number of carbonyl (C=O) groups is 1. The Morgan fingerprint density at radius 2 is 1.73 bits per heavy atom. The number of carboxylic acid groups (broad SMARTS) is 1. The highest BCUT2D eigenvalue weighted by atomic mass is 35.5. The second kappa shape index (κ2) is 9.15. The van der Waals surface area contributed by atoms with Crippen molar-refractivity contribution >= 4 is 23.6 Å². The fourth-order valence-electron chi connectivity index (χ4n) is 2.38. The van der Waals surface area contributed by atoms with E-state index in [0.717, 1.165) is 28.0 Å². The minimum atomic E-state index is -1.01. The van der Waals surface area contributed by atoms with Gasteiger partial charge in [0.2, 0.25) is 0 Å². The maximum Gasteiger partial charge on any atom is 0.328 e. The summed E-state index contributed by atoms with van der Waals surface area (Å²) in [5, 5.41) is 9.42. The molecule has 0 aliphatic rings. The second-order valence-corrected chi connectivity index (χ2v) is 6.03. The van der Waals surface area contributed by atoms with Crippen LogP contribution < -0.4 is 14.2 Å². The van der Waals surface area contributed by atoms with Crippen LogP contribution in [0.4, 0.5) is 0 Å². The molecule has 2 rings (SSSR count). The topological polar surface area (TPSA) is 65.0 Å². The predicted octanol–water partition coefficient (Wildman–Crippen LogP) is 4.52. The molecule has 0 amide bonds. The lowest BCUT2D eigenvalue weighted by Crippen LogP contribution is -2.10. The minimum absolute atomic E-state index is 0.335. The lowest BCUT2D eigenvalue weighted by molar-refractivity contribution is -0.131. The van der Waals surface area contributed by atoms with Crippen molar-refractivity contribution in [1.29, 1.82) is 0 Å². The molecule has 2 aromatic carbocycles. The standard InChI is InChI=1S/C20H21ClO5/c1-13-10-16(11-14(2)20(13)21)25-8-9-26-17-6-4-15(5-7-19(22)23)12-18(17)24-3/h4-7,10-12H,8-9H2,1-3H3,(H,22,23)/b7-5+. The molecule has 0 atom stereocenters. The van der Waals surface area contributed by atoms with Gasteiger partial charge < -0.3 is 19.3 Å². The first-order chi connectivity index (χ1) is 12.4. The van der Waals surface area contributed by atoms with Gasteiger partial charge in [-0.05, 0) is 60.9 Å². The largest absolute Gasteiger partial charge is 0.493 e. The van der Waals surface area contributed by atoms with Gasteiger partial charge in [-0.3, -0.25) is 0 Å². The van der Waals surface area contributed by atoms with E-state index in [1.807, 2.05) is 26.0 Å². The van der Waals surface area contributed by atoms with E-state index in [1.54, 1.807) is 18.2 Å². The summed E-state index contributed by atoms with van der Waals surface area (Å²) in [6, 6.07) is 8.97. The number of hydrogen-bond acceptors (Lipinski definition) is 4. The molecule has 0 aliphatic carbocycles. The molecule has 2 aromatic rings. The highest BCUT2D eigenvalue weighted by Gasteiger charge is 2.06. The van der Waals surface area contributed by atoms with Crippen molar-refractivity contribution in [3.8, 4) is 17.2 Å². The maximum absolute atomic E-state index is 10.6. The fraction of sp³-hybridized carbons (Fsp3) is 0.250. The minimum Gasteiger partial charge on any atom is -0.493 e. The molecule has 0 radical (unpaired) electrons. The third-order valence-electron chi connectivity index (χ3n) is 3.63. The van der Waals surface area contributed by atoms with Crippen molar-refractivity contribution in [2.45, 2.75) is 13.8 Å². The number of carboxylic acids is 1. The Bertz CT molecular complexity index is 791. The predicted molar refractivity (Wildman–Crippen MR) is 102 cm³/mol. The Labute approximate surface area is 157 Å². The fourth-order valence-corrected chi connectivity index (χ4v) is 2.48. The molecular formula is C20H21ClO5. The first-order valence-corrected chi connectivity index (χ1v) is 8.40. The number of rotatable bonds is 8. The number of aryl methyl sites for hydroxylation is 2. The van der Waals surface area contributed by atoms with Gasteiger partial charge in [0, 0.05) is 11.1 Å². The third kappa shape index (κ3) is 5.43. The Balaban J connectivity index is 1.94. The smallest absolute Gasteiger partial charge is 0.328 e. The van der Waals surface area contributed by atoms with Crippen LogP contribution in [0, 0.1) is 13.8 Å². The van der Waals surface area contributed by atoms with Crippen LogP contribution in [-0.4, -0.2) is 31.4 Å². The normalized spacial score (nSPS) is 10.8. The van der Waals surface area contributed by atoms with Crippen LogP contribution in [0.2, 0.25) is 5.02 Å². The van der Waals surface area contributed by atoms with E-state index in [4.69, 9.17) is 30.9 Å². The molecule has 0 aromatic heterocycles. The highest BCUT2D eigenvalue weighted by Crippen LogP contribution is 2.29. The maximum atomic E-state index is 10.6. The molecule has 26 heavy (non-hydrogen) atoms. The number of aliphatic carboxylic acids is 1. The first-order valence-electron chi connectivity index (χ1n) is 8.02. The van der Waals surface area contributed by atoms with Gasteiger partial charge in [0.05, 0.1) is 7.11 Å². The molecule has 6 heteroatoms. The van der Waals surface area contributed by atoms with Gasteiger partial charge in [-0.15, -0.1) is 0 Å². The van der Waals surface area contributed by atoms with Gasteiger partial charge >= 0.3 is 5.97 Å². The SMILES string of the molecule is COc1cc(/C=C/C(=O)O)ccc1OCCOc1cc(C)c(Cl)c(C)c1. The zero-order valence-corrected chi connectivity index (χ0v) is 15.7. The summed E-state index contributed by atoms with van der Waals surface area (Å²) in [6.07, 6.45) is 2.56. The van der Waals surface area contributed by atoms with Crippen molar-refractivity contribution < 1.29 is 24.1 Å². The summed E-state index contributed by atoms with van der Waals surface area (Å²) in [7, 11) is 1.53. The summed E-state index contributed by atoms with van der Waals surface area (Å²) in [5.41, 5.74) is 2.64. The van der Waals surface area contributed by atoms with Crippen molar-refractivity contribution in [2.75, 3.05) is 20.3 Å². The zero-order valence-electron chi connectivity index (χ0n) is 14.9. The van der Waals surface area contributed by atoms with E-state index < -0.39 is 5.97 Å². The van der Waals surface area contributed by atoms with E-state index in [-0.39, 0.29) is 0 Å². The quantitative estimate of drug-likeness (QED) is 0.542. The van der Waals surface area contributed by atoms with Crippen LogP contribution in [0.1, 0.15) is 16.7 Å². The highest BCUT2D eigenvalue weighted by molar-refractivity contribution is 6.32. The van der Waals surface area contributed by atoms with Gasteiger partial charge in [-0.25, -0.2) is 4.79 Å². The molecule has 1 N–H and O–H groups in total. The van der Waals surface area contributed by atoms with Crippen LogP contribution in [0.5, 0.6) is 17.2 Å². The molecule has 0 fully saturated rings. The summed E-state index contributed by atoms with van der Waals surface area (Å²) < 4.78 is 16.7. The molecular weight excluding hydrogens is 356 g/mol. The van der Waals surface area contributed by atoms with Gasteiger partial charge in [-0.1, -0.05) is 17.7 Å². The molecule has 0 saturated carbocycles. The van der Waals surface area contributed by atoms with E-state index in [2.05, 4.69) is 0 Å². The number of hydrogen-bond donors (Lipinski definition) is 1. The molecule has 0 spiro atoms. The van der Waals surface area contributed by atoms with Crippen LogP contribution in [-0.2, 0) is 4.79 Å². The number of ether oxygens (including phenoxy) is 3. The molecule has 0 aliphatic heterocycles. The van der Waals surface area contributed by atoms with Crippen LogP contribution in [0.15, 0.2) is 36.4 Å². The Kier molecular flexibility index (Phi) is 6.92. The number of methoxy groups -OCH3 is 1. The molecule has 0 bridgehead atoms. The molecule has 138 valence electrons. The van der Waals surface area contributed by atoms with Crippen LogP contribution >= 0.6 is 11.6 Å². The summed E-state index contributed by atoms with van der Waals surface area (Å²) in [6.45, 7) is 4.57. The number of benzene rings is 2. The van der Waals surface area contributed by atoms with Crippen LogP contribution in [0.25, 0.3) is 6.08 Å². The summed E-state index contributed by atoms with van der Waals surface area (Å²) >= 11 is 6.15. The molecule has 0 saturated heterocycles. The third-order valence-corrected chi connectivity index (χ3v) is 4.22. The number of halogens is 1. The lowest BCUT2D eigenvalue weighted by Gasteiger charge is -2.13. The summed E-state index contributed by atoms with van der Waals surface area (Å²) in [5.74, 6) is 0.825. The molecule has 0 heterocycles. The second-order valence-electron chi connectivity index (χ2n) is 5.65. The summed E-state index contributed by atoms with van der Waals surface area (Å²) in [4.78, 5) is 10.6. The van der Waals surface area contributed by atoms with E-state index in [1.165, 1.54) is 13.2 Å². The molecule has 5 nitrogen and oxygen atoms in total.